The maximum absolute atomic E-state index is 12.1. The Labute approximate surface area is 194 Å². The molecular formula is C23H28O11. The molecule has 6 N–H and O–H groups in total. The third-order valence-corrected chi connectivity index (χ3v) is 6.47. The Hall–Kier alpha value is -2.83. The highest BCUT2D eigenvalue weighted by atomic mass is 16.8. The number of carboxylic acids is 3. The molecule has 2 aliphatic heterocycles. The van der Waals surface area contributed by atoms with E-state index in [1.54, 1.807) is 6.92 Å². The lowest BCUT2D eigenvalue weighted by Crippen LogP contribution is -2.77. The van der Waals surface area contributed by atoms with Crippen molar-refractivity contribution in [3.63, 3.8) is 0 Å². The first-order valence-corrected chi connectivity index (χ1v) is 10.7. The predicted molar refractivity (Wildman–Crippen MR) is 114 cm³/mol. The van der Waals surface area contributed by atoms with Crippen LogP contribution in [0.1, 0.15) is 32.3 Å². The largest absolute Gasteiger partial charge is 0.479 e. The Morgan fingerprint density at radius 2 is 1.68 bits per heavy atom. The number of aliphatic carboxylic acids is 3. The topological polar surface area (TPSA) is 191 Å². The van der Waals surface area contributed by atoms with Crippen molar-refractivity contribution >= 4 is 17.9 Å². The molecular weight excluding hydrogens is 452 g/mol. The van der Waals surface area contributed by atoms with Gasteiger partial charge in [-0.05, 0) is 31.2 Å². The Bertz CT molecular complexity index is 992. The summed E-state index contributed by atoms with van der Waals surface area (Å²) in [4.78, 5) is 35.7. The van der Waals surface area contributed by atoms with Gasteiger partial charge in [0.1, 0.15) is 12.2 Å². The zero-order valence-corrected chi connectivity index (χ0v) is 18.6. The molecule has 7 atom stereocenters. The second kappa shape index (κ2) is 9.08. The Morgan fingerprint density at radius 1 is 1.06 bits per heavy atom. The van der Waals surface area contributed by atoms with Crippen molar-refractivity contribution in [2.75, 3.05) is 0 Å². The van der Waals surface area contributed by atoms with Gasteiger partial charge in [-0.1, -0.05) is 48.9 Å². The molecule has 2 heterocycles. The molecule has 0 radical (unpaired) electrons. The number of aliphatic hydroxyl groups is 3. The van der Waals surface area contributed by atoms with Crippen LogP contribution in [0.4, 0.5) is 0 Å². The van der Waals surface area contributed by atoms with Gasteiger partial charge in [-0.2, -0.15) is 0 Å². The molecule has 1 aromatic carbocycles. The lowest BCUT2D eigenvalue weighted by molar-refractivity contribution is -0.373. The molecule has 11 nitrogen and oxygen atoms in total. The number of carboxylic acid groups (broad SMARTS) is 3. The summed E-state index contributed by atoms with van der Waals surface area (Å²) in [6.45, 7) is 3.75. The normalized spacial score (nSPS) is 36.1. The van der Waals surface area contributed by atoms with Crippen LogP contribution in [0.5, 0.6) is 0 Å². The molecule has 2 saturated heterocycles. The van der Waals surface area contributed by atoms with E-state index >= 15 is 0 Å². The highest BCUT2D eigenvalue weighted by Crippen LogP contribution is 2.54. The average Bonchev–Trinajstić information content (AvgIpc) is 2.96. The number of aliphatic hydroxyl groups excluding tert-OH is 2. The smallest absolute Gasteiger partial charge is 0.343 e. The first kappa shape index (κ1) is 25.8. The number of rotatable bonds is 9. The van der Waals surface area contributed by atoms with Crippen LogP contribution in [-0.4, -0.2) is 83.8 Å². The number of ether oxygens (including phenoxy) is 2. The van der Waals surface area contributed by atoms with Crippen LogP contribution >= 0.6 is 0 Å². The van der Waals surface area contributed by atoms with Crippen LogP contribution < -0.4 is 0 Å². The highest BCUT2D eigenvalue weighted by molar-refractivity contribution is 5.97. The maximum atomic E-state index is 12.1. The second-order valence-corrected chi connectivity index (χ2v) is 8.93. The first-order chi connectivity index (χ1) is 15.8. The third kappa shape index (κ3) is 3.89. The molecule has 0 aliphatic carbocycles. The summed E-state index contributed by atoms with van der Waals surface area (Å²) in [5, 5.41) is 60.8. The lowest BCUT2D eigenvalue weighted by Gasteiger charge is -2.48. The quantitative estimate of drug-likeness (QED) is 0.264. The summed E-state index contributed by atoms with van der Waals surface area (Å²) < 4.78 is 10.6. The molecule has 0 amide bonds. The molecule has 1 aromatic rings. The van der Waals surface area contributed by atoms with Gasteiger partial charge in [-0.3, -0.25) is 0 Å². The molecule has 1 unspecified atom stereocenters. The monoisotopic (exact) mass is 480 g/mol. The maximum Gasteiger partial charge on any atom is 0.343 e. The molecule has 3 rings (SSSR count). The van der Waals surface area contributed by atoms with Crippen LogP contribution in [0.3, 0.4) is 0 Å². The minimum absolute atomic E-state index is 0.106. The van der Waals surface area contributed by atoms with Gasteiger partial charge in [0.05, 0.1) is 0 Å². The van der Waals surface area contributed by atoms with Crippen molar-refractivity contribution in [1.82, 2.24) is 0 Å². The Kier molecular flexibility index (Phi) is 6.89. The molecule has 2 bridgehead atoms. The van der Waals surface area contributed by atoms with Crippen LogP contribution in [-0.2, 0) is 30.3 Å². The Balaban J connectivity index is 1.89. The van der Waals surface area contributed by atoms with Gasteiger partial charge in [0.15, 0.2) is 5.79 Å². The summed E-state index contributed by atoms with van der Waals surface area (Å²) in [6, 6.07) is 9.73. The van der Waals surface area contributed by atoms with E-state index in [4.69, 9.17) is 9.47 Å². The lowest BCUT2D eigenvalue weighted by atomic mass is 9.74. The van der Waals surface area contributed by atoms with Crippen molar-refractivity contribution in [3.8, 4) is 0 Å². The molecule has 0 aromatic heterocycles. The average molecular weight is 480 g/mol. The summed E-state index contributed by atoms with van der Waals surface area (Å²) in [6.07, 6.45) is -4.76. The summed E-state index contributed by atoms with van der Waals surface area (Å²) in [5.74, 6) is -8.71. The van der Waals surface area contributed by atoms with Crippen LogP contribution in [0, 0.1) is 5.92 Å². The van der Waals surface area contributed by atoms with E-state index in [1.807, 2.05) is 43.3 Å². The molecule has 11 heteroatoms. The predicted octanol–water partition coefficient (Wildman–Crippen LogP) is 0.163. The second-order valence-electron chi connectivity index (χ2n) is 8.93. The number of benzene rings is 1. The van der Waals surface area contributed by atoms with E-state index < -0.39 is 53.2 Å². The number of hydrogen-bond acceptors (Lipinski definition) is 8. The fraction of sp³-hybridized carbons (Fsp3) is 0.522. The molecule has 2 aliphatic rings. The van der Waals surface area contributed by atoms with Gasteiger partial charge in [0.2, 0.25) is 17.3 Å². The summed E-state index contributed by atoms with van der Waals surface area (Å²) in [7, 11) is 0. The number of allylic oxidation sites excluding steroid dienone is 2. The van der Waals surface area contributed by atoms with Crippen molar-refractivity contribution < 1.29 is 54.5 Å². The van der Waals surface area contributed by atoms with E-state index in [1.165, 1.54) is 0 Å². The van der Waals surface area contributed by atoms with Crippen molar-refractivity contribution in [1.29, 1.82) is 0 Å². The van der Waals surface area contributed by atoms with Gasteiger partial charge < -0.3 is 40.1 Å². The van der Waals surface area contributed by atoms with E-state index in [2.05, 4.69) is 0 Å². The molecule has 0 spiro atoms. The first-order valence-electron chi connectivity index (χ1n) is 10.7. The highest BCUT2D eigenvalue weighted by Gasteiger charge is 2.84. The fourth-order valence-corrected chi connectivity index (χ4v) is 4.81. The van der Waals surface area contributed by atoms with Gasteiger partial charge in [-0.25, -0.2) is 14.4 Å². The van der Waals surface area contributed by atoms with Gasteiger partial charge in [0, 0.05) is 6.42 Å². The molecule has 2 fully saturated rings. The standard InChI is InChI=1S/C23H28O11/c1-12(10-13(2)11-14-6-4-3-5-7-14)8-9-21-15(24)16(25)23(34-21,20(30)31)22(32,19(28)29)17(33-21)18(26)27/h3-7,10,13,15-17,24-25,32H,8-9,11H2,1-2H3,(H,26,27)(H,28,29)(H,30,31)/b12-10+/t13?,15-,16-,17-,21-,22-,23-/m1/s1. The number of hydrogen-bond donors (Lipinski definition) is 6. The van der Waals surface area contributed by atoms with Crippen LogP contribution in [0.25, 0.3) is 0 Å². The minimum atomic E-state index is -3.72. The molecule has 186 valence electrons. The zero-order chi connectivity index (χ0) is 25.5. The molecule has 34 heavy (non-hydrogen) atoms. The minimum Gasteiger partial charge on any atom is -0.479 e. The summed E-state index contributed by atoms with van der Waals surface area (Å²) >= 11 is 0. The van der Waals surface area contributed by atoms with Crippen molar-refractivity contribution in [2.24, 2.45) is 5.92 Å². The van der Waals surface area contributed by atoms with Crippen molar-refractivity contribution in [3.05, 3.63) is 47.5 Å². The van der Waals surface area contributed by atoms with Crippen molar-refractivity contribution in [2.45, 2.75) is 68.4 Å². The number of fused-ring (bicyclic) bond motifs is 2. The zero-order valence-electron chi connectivity index (χ0n) is 18.6. The van der Waals surface area contributed by atoms with Gasteiger partial charge in [-0.15, -0.1) is 0 Å². The Morgan fingerprint density at radius 3 is 2.21 bits per heavy atom. The SMILES string of the molecule is C/C(=C\C(C)Cc1ccccc1)CC[C@@]12O[C@H](C(=O)O)[C@@](O)(C(=O)O)[C@@](C(=O)O)(O1)[C@H](O)[C@H]2O. The number of carbonyl (C=O) groups is 3. The van der Waals surface area contributed by atoms with E-state index in [0.717, 1.165) is 17.6 Å². The molecule has 0 saturated carbocycles. The van der Waals surface area contributed by atoms with E-state index in [9.17, 15) is 45.0 Å². The van der Waals surface area contributed by atoms with Gasteiger partial charge >= 0.3 is 17.9 Å². The summed E-state index contributed by atoms with van der Waals surface area (Å²) in [5.41, 5.74) is -5.20. The van der Waals surface area contributed by atoms with E-state index in [-0.39, 0.29) is 18.8 Å². The third-order valence-electron chi connectivity index (χ3n) is 6.47. The van der Waals surface area contributed by atoms with E-state index in [0.29, 0.717) is 0 Å². The van der Waals surface area contributed by atoms with Crippen LogP contribution in [0.2, 0.25) is 0 Å². The van der Waals surface area contributed by atoms with Crippen LogP contribution in [0.15, 0.2) is 42.0 Å². The van der Waals surface area contributed by atoms with Gasteiger partial charge in [0.25, 0.3) is 0 Å². The fourth-order valence-electron chi connectivity index (χ4n) is 4.81.